The summed E-state index contributed by atoms with van der Waals surface area (Å²) in [6, 6.07) is 14.5. The van der Waals surface area contributed by atoms with Gasteiger partial charge in [0.25, 0.3) is 0 Å². The Hall–Kier alpha value is -2.16. The molecule has 2 N–H and O–H groups in total. The van der Waals surface area contributed by atoms with Gasteiger partial charge >= 0.3 is 0 Å². The van der Waals surface area contributed by atoms with Gasteiger partial charge in [0, 0.05) is 38.8 Å². The van der Waals surface area contributed by atoms with Crippen molar-refractivity contribution in [1.29, 1.82) is 0 Å². The zero-order chi connectivity index (χ0) is 19.1. The molecular weight excluding hydrogens is 470 g/mol. The van der Waals surface area contributed by atoms with Crippen LogP contribution in [0.5, 0.6) is 0 Å². The minimum absolute atomic E-state index is 0. The van der Waals surface area contributed by atoms with Gasteiger partial charge in [-0.3, -0.25) is 9.79 Å². The van der Waals surface area contributed by atoms with Crippen molar-refractivity contribution in [2.45, 2.75) is 25.8 Å². The Bertz CT molecular complexity index is 828. The fourth-order valence-electron chi connectivity index (χ4n) is 3.23. The number of rotatable bonds is 6. The molecule has 1 aliphatic rings. The van der Waals surface area contributed by atoms with E-state index < -0.39 is 0 Å². The first-order valence-corrected chi connectivity index (χ1v) is 9.24. The summed E-state index contributed by atoms with van der Waals surface area (Å²) < 4.78 is 13.2. The van der Waals surface area contributed by atoms with Crippen LogP contribution in [0.1, 0.15) is 24.0 Å². The number of carbonyl (C=O) groups excluding carboxylic acids is 1. The van der Waals surface area contributed by atoms with E-state index in [1.54, 1.807) is 13.1 Å². The van der Waals surface area contributed by atoms with Crippen molar-refractivity contribution in [3.05, 3.63) is 65.5 Å². The third kappa shape index (κ3) is 5.92. The SMILES string of the molecule is CN=C(NCCCC(=O)N1CCc2ccccc21)NCc1cccc(F)c1.I. The van der Waals surface area contributed by atoms with Crippen LogP contribution in [0.3, 0.4) is 0 Å². The Morgan fingerprint density at radius 2 is 2.00 bits per heavy atom. The summed E-state index contributed by atoms with van der Waals surface area (Å²) in [6.07, 6.45) is 2.14. The van der Waals surface area contributed by atoms with E-state index in [1.165, 1.54) is 17.7 Å². The highest BCUT2D eigenvalue weighted by Gasteiger charge is 2.23. The van der Waals surface area contributed by atoms with Gasteiger partial charge < -0.3 is 15.5 Å². The molecule has 0 aliphatic carbocycles. The minimum Gasteiger partial charge on any atom is -0.356 e. The zero-order valence-corrected chi connectivity index (χ0v) is 18.3. The molecule has 7 heteroatoms. The summed E-state index contributed by atoms with van der Waals surface area (Å²) in [5.41, 5.74) is 3.13. The smallest absolute Gasteiger partial charge is 0.227 e. The zero-order valence-electron chi connectivity index (χ0n) is 16.0. The lowest BCUT2D eigenvalue weighted by molar-refractivity contribution is -0.118. The molecule has 2 aromatic rings. The lowest BCUT2D eigenvalue weighted by atomic mass is 10.2. The molecule has 2 aromatic carbocycles. The lowest BCUT2D eigenvalue weighted by Crippen LogP contribution is -2.38. The van der Waals surface area contributed by atoms with Crippen molar-refractivity contribution in [2.24, 2.45) is 4.99 Å². The molecule has 0 saturated carbocycles. The molecule has 1 aliphatic heterocycles. The summed E-state index contributed by atoms with van der Waals surface area (Å²) in [6.45, 7) is 1.90. The number of hydrogen-bond acceptors (Lipinski definition) is 2. The number of nitrogens with one attached hydrogen (secondary N) is 2. The Morgan fingerprint density at radius 1 is 1.18 bits per heavy atom. The standard InChI is InChI=1S/C21H25FN4O.HI/c1-23-21(25-15-16-6-4-8-18(22)14-16)24-12-5-10-20(27)26-13-11-17-7-2-3-9-19(17)26;/h2-4,6-9,14H,5,10-13,15H2,1H3,(H2,23,24,25);1H. The summed E-state index contributed by atoms with van der Waals surface area (Å²) >= 11 is 0. The van der Waals surface area contributed by atoms with E-state index in [0.29, 0.717) is 25.5 Å². The second-order valence-corrected chi connectivity index (χ2v) is 6.51. The Kier molecular flexibility index (Phi) is 8.69. The first-order chi connectivity index (χ1) is 13.2. The fourth-order valence-corrected chi connectivity index (χ4v) is 3.23. The fraction of sp³-hybridized carbons (Fsp3) is 0.333. The highest BCUT2D eigenvalue weighted by molar-refractivity contribution is 14.0. The first-order valence-electron chi connectivity index (χ1n) is 9.24. The predicted octanol–water partition coefficient (Wildman–Crippen LogP) is 3.48. The molecule has 0 atom stereocenters. The van der Waals surface area contributed by atoms with Gasteiger partial charge in [0.2, 0.25) is 5.91 Å². The van der Waals surface area contributed by atoms with Gasteiger partial charge in [0.15, 0.2) is 5.96 Å². The number of fused-ring (bicyclic) bond motifs is 1. The van der Waals surface area contributed by atoms with Gasteiger partial charge in [-0.05, 0) is 42.2 Å². The molecule has 0 aromatic heterocycles. The van der Waals surface area contributed by atoms with Gasteiger partial charge in [-0.15, -0.1) is 24.0 Å². The van der Waals surface area contributed by atoms with Crippen molar-refractivity contribution >= 4 is 41.5 Å². The van der Waals surface area contributed by atoms with Gasteiger partial charge in [-0.2, -0.15) is 0 Å². The number of benzene rings is 2. The molecule has 1 amide bonds. The molecule has 28 heavy (non-hydrogen) atoms. The topological polar surface area (TPSA) is 56.7 Å². The summed E-state index contributed by atoms with van der Waals surface area (Å²) in [5.74, 6) is 0.543. The van der Waals surface area contributed by atoms with Crippen LogP contribution in [-0.4, -0.2) is 32.0 Å². The number of amides is 1. The third-order valence-corrected chi connectivity index (χ3v) is 4.62. The molecule has 0 spiro atoms. The number of halogens is 2. The highest BCUT2D eigenvalue weighted by atomic mass is 127. The number of guanidine groups is 1. The normalized spacial score (nSPS) is 12.9. The quantitative estimate of drug-likeness (QED) is 0.279. The van der Waals surface area contributed by atoms with E-state index >= 15 is 0 Å². The Morgan fingerprint density at radius 3 is 2.79 bits per heavy atom. The van der Waals surface area contributed by atoms with Crippen molar-refractivity contribution in [2.75, 3.05) is 25.0 Å². The summed E-state index contributed by atoms with van der Waals surface area (Å²) in [4.78, 5) is 18.5. The largest absolute Gasteiger partial charge is 0.356 e. The van der Waals surface area contributed by atoms with Crippen molar-refractivity contribution in [3.63, 3.8) is 0 Å². The first kappa shape index (κ1) is 22.1. The van der Waals surface area contributed by atoms with Crippen molar-refractivity contribution < 1.29 is 9.18 Å². The van der Waals surface area contributed by atoms with E-state index in [9.17, 15) is 9.18 Å². The number of anilines is 1. The minimum atomic E-state index is -0.251. The van der Waals surface area contributed by atoms with E-state index in [1.807, 2.05) is 29.2 Å². The second-order valence-electron chi connectivity index (χ2n) is 6.51. The van der Waals surface area contributed by atoms with Gasteiger partial charge in [0.1, 0.15) is 5.82 Å². The molecule has 0 saturated heterocycles. The third-order valence-electron chi connectivity index (χ3n) is 4.62. The second kappa shape index (κ2) is 11.0. The summed E-state index contributed by atoms with van der Waals surface area (Å²) in [7, 11) is 1.69. The van der Waals surface area contributed by atoms with Gasteiger partial charge in [-0.1, -0.05) is 30.3 Å². The molecular formula is C21H26FIN4O. The predicted molar refractivity (Wildman–Crippen MR) is 122 cm³/mol. The van der Waals surface area contributed by atoms with Crippen LogP contribution in [0.4, 0.5) is 10.1 Å². The maximum Gasteiger partial charge on any atom is 0.227 e. The summed E-state index contributed by atoms with van der Waals surface area (Å²) in [5, 5.41) is 6.34. The average molecular weight is 496 g/mol. The van der Waals surface area contributed by atoms with Crippen LogP contribution in [0.15, 0.2) is 53.5 Å². The molecule has 3 rings (SSSR count). The number of nitrogens with zero attached hydrogens (tertiary/aromatic N) is 2. The van der Waals surface area contributed by atoms with E-state index in [4.69, 9.17) is 0 Å². The molecule has 150 valence electrons. The maximum atomic E-state index is 13.2. The van der Waals surface area contributed by atoms with E-state index in [-0.39, 0.29) is 35.7 Å². The number of aliphatic imine (C=N–C) groups is 1. The van der Waals surface area contributed by atoms with Crippen LogP contribution in [0.25, 0.3) is 0 Å². The van der Waals surface area contributed by atoms with Crippen LogP contribution in [-0.2, 0) is 17.8 Å². The molecule has 0 fully saturated rings. The number of carbonyl (C=O) groups is 1. The Balaban J connectivity index is 0.00000280. The molecule has 0 bridgehead atoms. The van der Waals surface area contributed by atoms with Crippen LogP contribution < -0.4 is 15.5 Å². The van der Waals surface area contributed by atoms with Gasteiger partial charge in [0.05, 0.1) is 0 Å². The lowest BCUT2D eigenvalue weighted by Gasteiger charge is -2.17. The van der Waals surface area contributed by atoms with E-state index in [0.717, 1.165) is 30.6 Å². The molecule has 0 radical (unpaired) electrons. The number of hydrogen-bond donors (Lipinski definition) is 2. The van der Waals surface area contributed by atoms with Crippen molar-refractivity contribution in [1.82, 2.24) is 10.6 Å². The molecule has 0 unspecified atom stereocenters. The highest BCUT2D eigenvalue weighted by Crippen LogP contribution is 2.27. The van der Waals surface area contributed by atoms with Crippen LogP contribution in [0.2, 0.25) is 0 Å². The molecule has 5 nitrogen and oxygen atoms in total. The van der Waals surface area contributed by atoms with Crippen LogP contribution >= 0.6 is 24.0 Å². The van der Waals surface area contributed by atoms with E-state index in [2.05, 4.69) is 21.7 Å². The molecule has 1 heterocycles. The monoisotopic (exact) mass is 496 g/mol. The van der Waals surface area contributed by atoms with Crippen LogP contribution in [0, 0.1) is 5.82 Å². The average Bonchev–Trinajstić information content (AvgIpc) is 3.11. The van der Waals surface area contributed by atoms with Crippen molar-refractivity contribution in [3.8, 4) is 0 Å². The number of para-hydroxylation sites is 1. The van der Waals surface area contributed by atoms with Gasteiger partial charge in [-0.25, -0.2) is 4.39 Å². The maximum absolute atomic E-state index is 13.2. The Labute approximate surface area is 182 Å².